The molecule has 1 saturated carbocycles. The van der Waals surface area contributed by atoms with E-state index in [2.05, 4.69) is 21.5 Å². The van der Waals surface area contributed by atoms with Crippen LogP contribution in [-0.4, -0.2) is 52.7 Å². The van der Waals surface area contributed by atoms with Crippen molar-refractivity contribution in [1.29, 1.82) is 0 Å². The topological polar surface area (TPSA) is 94.6 Å². The molecule has 3 N–H and O–H groups in total. The molecule has 146 valence electrons. The minimum atomic E-state index is -0.962. The fraction of sp³-hybridized carbons (Fsp3) is 0.632. The van der Waals surface area contributed by atoms with Gasteiger partial charge in [0.15, 0.2) is 5.01 Å². The Morgan fingerprint density at radius 2 is 2.00 bits per heavy atom. The first-order valence-corrected chi connectivity index (χ1v) is 10.3. The molecule has 7 nitrogen and oxygen atoms in total. The molecule has 3 amide bonds. The Kier molecular flexibility index (Phi) is 6.34. The van der Waals surface area contributed by atoms with Gasteiger partial charge in [0, 0.05) is 18.5 Å². The first-order valence-electron chi connectivity index (χ1n) is 9.44. The summed E-state index contributed by atoms with van der Waals surface area (Å²) in [5.41, 5.74) is 0.397. The Morgan fingerprint density at radius 3 is 2.59 bits per heavy atom. The number of aliphatic hydroxyl groups is 1. The molecule has 1 aromatic rings. The number of carbonyl (C=O) groups excluding carboxylic acids is 2. The van der Waals surface area contributed by atoms with Crippen molar-refractivity contribution in [2.75, 3.05) is 25.0 Å². The van der Waals surface area contributed by atoms with E-state index in [4.69, 9.17) is 6.42 Å². The minimum absolute atomic E-state index is 0.235. The number of aliphatic hydroxyl groups excluding tert-OH is 1. The Morgan fingerprint density at radius 1 is 1.30 bits per heavy atom. The third-order valence-electron chi connectivity index (χ3n) is 5.71. The van der Waals surface area contributed by atoms with Crippen LogP contribution >= 0.6 is 11.3 Å². The maximum absolute atomic E-state index is 12.7. The van der Waals surface area contributed by atoms with Crippen molar-refractivity contribution in [1.82, 2.24) is 15.2 Å². The average Bonchev–Trinajstić information content (AvgIpc) is 3.14. The predicted octanol–water partition coefficient (Wildman–Crippen LogP) is 2.18. The summed E-state index contributed by atoms with van der Waals surface area (Å²) >= 11 is 1.24. The third-order valence-corrected chi connectivity index (χ3v) is 6.48. The molecule has 2 heterocycles. The quantitative estimate of drug-likeness (QED) is 0.687. The number of thiazole rings is 1. The highest BCUT2D eigenvalue weighted by Gasteiger charge is 2.38. The Bertz CT molecular complexity index is 711. The van der Waals surface area contributed by atoms with Crippen molar-refractivity contribution in [3.63, 3.8) is 0 Å². The van der Waals surface area contributed by atoms with Gasteiger partial charge in [0.1, 0.15) is 11.9 Å². The molecule has 0 aromatic carbocycles. The number of hydrogen-bond acceptors (Lipinski definition) is 5. The number of urea groups is 1. The Hall–Kier alpha value is -2.11. The molecule has 2 fully saturated rings. The number of anilines is 1. The van der Waals surface area contributed by atoms with Crippen LogP contribution in [0, 0.1) is 17.8 Å². The largest absolute Gasteiger partial charge is 0.394 e. The zero-order valence-corrected chi connectivity index (χ0v) is 16.2. The number of terminal acetylenes is 1. The second-order valence-electron chi connectivity index (χ2n) is 7.40. The highest BCUT2D eigenvalue weighted by molar-refractivity contribution is 7.10. The molecule has 1 aliphatic heterocycles. The van der Waals surface area contributed by atoms with E-state index in [9.17, 15) is 14.7 Å². The predicted molar refractivity (Wildman–Crippen MR) is 104 cm³/mol. The van der Waals surface area contributed by atoms with Crippen LogP contribution in [-0.2, 0) is 4.79 Å². The van der Waals surface area contributed by atoms with Crippen molar-refractivity contribution in [2.24, 2.45) is 5.41 Å². The molecule has 1 unspecified atom stereocenters. The number of amides is 3. The summed E-state index contributed by atoms with van der Waals surface area (Å²) in [6, 6.07) is -1.55. The molecule has 0 radical (unpaired) electrons. The molecule has 1 aliphatic carbocycles. The van der Waals surface area contributed by atoms with Crippen LogP contribution < -0.4 is 10.6 Å². The molecular weight excluding hydrogens is 364 g/mol. The maximum Gasteiger partial charge on any atom is 0.321 e. The average molecular weight is 391 g/mol. The number of nitrogens with one attached hydrogen (secondary N) is 2. The summed E-state index contributed by atoms with van der Waals surface area (Å²) in [6.45, 7) is 0.938. The van der Waals surface area contributed by atoms with E-state index < -0.39 is 18.7 Å². The number of piperidine rings is 1. The molecule has 0 bridgehead atoms. The fourth-order valence-electron chi connectivity index (χ4n) is 4.12. The van der Waals surface area contributed by atoms with Gasteiger partial charge in [-0.15, -0.1) is 17.8 Å². The monoisotopic (exact) mass is 390 g/mol. The molecule has 3 rings (SSSR count). The molecule has 1 atom stereocenters. The van der Waals surface area contributed by atoms with E-state index in [-0.39, 0.29) is 5.91 Å². The van der Waals surface area contributed by atoms with Gasteiger partial charge in [-0.3, -0.25) is 10.1 Å². The van der Waals surface area contributed by atoms with Gasteiger partial charge in [-0.25, -0.2) is 9.78 Å². The number of likely N-dealkylation sites (tertiary alicyclic amines) is 1. The molecule has 1 aromatic heterocycles. The molecule has 27 heavy (non-hydrogen) atoms. The van der Waals surface area contributed by atoms with Crippen LogP contribution in [0.4, 0.5) is 10.6 Å². The lowest BCUT2D eigenvalue weighted by Crippen LogP contribution is -2.54. The van der Waals surface area contributed by atoms with Crippen molar-refractivity contribution >= 4 is 29.1 Å². The van der Waals surface area contributed by atoms with Crippen LogP contribution in [0.3, 0.4) is 0 Å². The first-order chi connectivity index (χ1) is 13.0. The van der Waals surface area contributed by atoms with Gasteiger partial charge in [0.2, 0.25) is 5.91 Å². The normalized spacial score (nSPS) is 19.9. The van der Waals surface area contributed by atoms with E-state index in [0.717, 1.165) is 12.8 Å². The van der Waals surface area contributed by atoms with Crippen LogP contribution in [0.25, 0.3) is 0 Å². The summed E-state index contributed by atoms with van der Waals surface area (Å²) in [5, 5.41) is 16.8. The summed E-state index contributed by atoms with van der Waals surface area (Å²) in [4.78, 5) is 30.6. The van der Waals surface area contributed by atoms with E-state index in [1.807, 2.05) is 0 Å². The van der Waals surface area contributed by atoms with Gasteiger partial charge < -0.3 is 15.3 Å². The number of hydrogen-bond donors (Lipinski definition) is 3. The van der Waals surface area contributed by atoms with Crippen molar-refractivity contribution in [3.05, 3.63) is 10.4 Å². The molecule has 1 spiro atoms. The van der Waals surface area contributed by atoms with Crippen molar-refractivity contribution in [3.8, 4) is 12.3 Å². The lowest BCUT2D eigenvalue weighted by Gasteiger charge is -2.44. The van der Waals surface area contributed by atoms with E-state index in [1.54, 1.807) is 10.3 Å². The van der Waals surface area contributed by atoms with Crippen LogP contribution in [0.15, 0.2) is 5.38 Å². The van der Waals surface area contributed by atoms with Crippen LogP contribution in [0.5, 0.6) is 0 Å². The second kappa shape index (κ2) is 8.72. The number of aromatic nitrogens is 1. The molecule has 2 aliphatic rings. The smallest absolute Gasteiger partial charge is 0.321 e. The maximum atomic E-state index is 12.7. The Balaban J connectivity index is 1.51. The van der Waals surface area contributed by atoms with E-state index >= 15 is 0 Å². The third kappa shape index (κ3) is 4.79. The van der Waals surface area contributed by atoms with Crippen molar-refractivity contribution in [2.45, 2.75) is 51.0 Å². The zero-order chi connectivity index (χ0) is 19.3. The van der Waals surface area contributed by atoms with Crippen LogP contribution in [0.2, 0.25) is 0 Å². The van der Waals surface area contributed by atoms with E-state index in [0.29, 0.717) is 29.3 Å². The van der Waals surface area contributed by atoms with Gasteiger partial charge in [-0.1, -0.05) is 19.3 Å². The SMILES string of the molecule is C#Cc1nc(NC(=O)NC(CO)C(=O)N2CCC3(CCCCC3)CC2)cs1. The van der Waals surface area contributed by atoms with Crippen molar-refractivity contribution < 1.29 is 14.7 Å². The van der Waals surface area contributed by atoms with Gasteiger partial charge in [0.25, 0.3) is 0 Å². The summed E-state index contributed by atoms with van der Waals surface area (Å²) in [5.74, 6) is 2.48. The lowest BCUT2D eigenvalue weighted by molar-refractivity contribution is -0.136. The fourth-order valence-corrected chi connectivity index (χ4v) is 4.67. The van der Waals surface area contributed by atoms with Gasteiger partial charge in [-0.05, 0) is 37.0 Å². The Labute approximate surface area is 163 Å². The van der Waals surface area contributed by atoms with Gasteiger partial charge in [-0.2, -0.15) is 0 Å². The zero-order valence-electron chi connectivity index (χ0n) is 15.4. The standard InChI is InChI=1S/C19H26N4O3S/c1-2-16-21-15(13-27-16)22-18(26)20-14(12-24)17(25)23-10-8-19(9-11-23)6-4-3-5-7-19/h1,13-14,24H,3-12H2,(H2,20,22,26). The number of nitrogens with zero attached hydrogens (tertiary/aromatic N) is 2. The first kappa shape index (κ1) is 19.6. The van der Waals surface area contributed by atoms with Gasteiger partial charge in [0.05, 0.1) is 6.61 Å². The summed E-state index contributed by atoms with van der Waals surface area (Å²) in [6.07, 6.45) is 13.7. The van der Waals surface area contributed by atoms with E-state index in [1.165, 1.54) is 43.4 Å². The highest BCUT2D eigenvalue weighted by atomic mass is 32.1. The lowest BCUT2D eigenvalue weighted by atomic mass is 9.68. The number of carbonyl (C=O) groups is 2. The van der Waals surface area contributed by atoms with Crippen LogP contribution in [0.1, 0.15) is 50.0 Å². The molecule has 8 heteroatoms. The molecule has 1 saturated heterocycles. The second-order valence-corrected chi connectivity index (χ2v) is 8.26. The minimum Gasteiger partial charge on any atom is -0.394 e. The van der Waals surface area contributed by atoms with Gasteiger partial charge >= 0.3 is 6.03 Å². The summed E-state index contributed by atoms with van der Waals surface area (Å²) in [7, 11) is 0. The number of rotatable bonds is 4. The highest BCUT2D eigenvalue weighted by Crippen LogP contribution is 2.44. The molecular formula is C19H26N4O3S. The summed E-state index contributed by atoms with van der Waals surface area (Å²) < 4.78 is 0.